The first-order valence-corrected chi connectivity index (χ1v) is 11.1. The van der Waals surface area contributed by atoms with Gasteiger partial charge in [-0.2, -0.15) is 0 Å². The number of ether oxygens (including phenoxy) is 1. The molecule has 1 aliphatic heterocycles. The first-order valence-electron chi connectivity index (χ1n) is 9.68. The van der Waals surface area contributed by atoms with Crippen LogP contribution >= 0.6 is 0 Å². The predicted molar refractivity (Wildman–Crippen MR) is 112 cm³/mol. The molecule has 1 aliphatic carbocycles. The molecule has 0 spiro atoms. The summed E-state index contributed by atoms with van der Waals surface area (Å²) in [6, 6.07) is 11.9. The Hall–Kier alpha value is -2.60. The monoisotopic (exact) mass is 411 g/mol. The lowest BCUT2D eigenvalue weighted by molar-refractivity contribution is -0.148. The molecule has 1 heterocycles. The van der Waals surface area contributed by atoms with Gasteiger partial charge in [0.1, 0.15) is 5.41 Å². The number of sulfonamides is 1. The van der Waals surface area contributed by atoms with Crippen molar-refractivity contribution < 1.29 is 17.9 Å². The van der Waals surface area contributed by atoms with Crippen LogP contribution in [0.4, 0.5) is 5.69 Å². The van der Waals surface area contributed by atoms with Crippen LogP contribution in [0.2, 0.25) is 0 Å². The molecule has 0 bridgehead atoms. The Labute approximate surface area is 172 Å². The quantitative estimate of drug-likeness (QED) is 0.565. The summed E-state index contributed by atoms with van der Waals surface area (Å²) in [6.45, 7) is 5.84. The molecule has 0 N–H and O–H groups in total. The molecular weight excluding hydrogens is 386 g/mol. The number of hydrogen-bond donors (Lipinski definition) is 0. The highest BCUT2D eigenvalue weighted by Crippen LogP contribution is 2.54. The van der Waals surface area contributed by atoms with Gasteiger partial charge in [-0.1, -0.05) is 47.0 Å². The number of carbonyl (C=O) groups excluding carboxylic acids is 1. The number of hydrogen-bond acceptors (Lipinski definition) is 4. The van der Waals surface area contributed by atoms with Crippen LogP contribution in [0.15, 0.2) is 59.0 Å². The number of nitrogens with zero attached hydrogens (tertiary/aromatic N) is 1. The van der Waals surface area contributed by atoms with Crippen LogP contribution in [0.25, 0.3) is 0 Å². The van der Waals surface area contributed by atoms with Gasteiger partial charge < -0.3 is 4.74 Å². The Morgan fingerprint density at radius 2 is 1.72 bits per heavy atom. The maximum atomic E-state index is 13.8. The van der Waals surface area contributed by atoms with Gasteiger partial charge in [0.2, 0.25) is 0 Å². The highest BCUT2D eigenvalue weighted by atomic mass is 32.2. The lowest BCUT2D eigenvalue weighted by Gasteiger charge is -2.39. The summed E-state index contributed by atoms with van der Waals surface area (Å²) in [6.07, 6.45) is 2.93. The number of allylic oxidation sites excluding steroid dienone is 1. The molecule has 6 heteroatoms. The number of fused-ring (bicyclic) bond motifs is 3. The molecule has 0 radical (unpaired) electrons. The van der Waals surface area contributed by atoms with Crippen LogP contribution in [0.5, 0.6) is 0 Å². The van der Waals surface area contributed by atoms with Gasteiger partial charge in [-0.3, -0.25) is 9.10 Å². The van der Waals surface area contributed by atoms with E-state index in [2.05, 4.69) is 0 Å². The van der Waals surface area contributed by atoms with Crippen molar-refractivity contribution >= 4 is 21.7 Å². The van der Waals surface area contributed by atoms with Crippen molar-refractivity contribution in [3.8, 4) is 0 Å². The molecule has 152 valence electrons. The van der Waals surface area contributed by atoms with E-state index in [1.165, 1.54) is 11.4 Å². The third kappa shape index (κ3) is 2.81. The molecule has 2 aromatic rings. The van der Waals surface area contributed by atoms with E-state index in [1.807, 2.05) is 45.0 Å². The maximum Gasteiger partial charge on any atom is 0.318 e. The number of esters is 1. The summed E-state index contributed by atoms with van der Waals surface area (Å²) in [5, 5.41) is 0. The summed E-state index contributed by atoms with van der Waals surface area (Å²) >= 11 is 0. The van der Waals surface area contributed by atoms with Gasteiger partial charge in [0.25, 0.3) is 10.0 Å². The van der Waals surface area contributed by atoms with Crippen LogP contribution in [0.1, 0.15) is 36.5 Å². The van der Waals surface area contributed by atoms with E-state index in [9.17, 15) is 13.2 Å². The van der Waals surface area contributed by atoms with Crippen molar-refractivity contribution in [1.82, 2.24) is 0 Å². The van der Waals surface area contributed by atoms with Gasteiger partial charge in [0.05, 0.1) is 23.7 Å². The van der Waals surface area contributed by atoms with Crippen LogP contribution < -0.4 is 4.31 Å². The van der Waals surface area contributed by atoms with Crippen molar-refractivity contribution in [2.75, 3.05) is 11.4 Å². The van der Waals surface area contributed by atoms with Gasteiger partial charge >= 0.3 is 5.97 Å². The van der Waals surface area contributed by atoms with Crippen LogP contribution in [0.3, 0.4) is 0 Å². The number of anilines is 1. The van der Waals surface area contributed by atoms with E-state index in [4.69, 9.17) is 4.74 Å². The number of methoxy groups -OCH3 is 1. The van der Waals surface area contributed by atoms with E-state index >= 15 is 0 Å². The minimum atomic E-state index is -3.86. The third-order valence-electron chi connectivity index (χ3n) is 6.14. The third-order valence-corrected chi connectivity index (χ3v) is 7.97. The van der Waals surface area contributed by atoms with E-state index in [-0.39, 0.29) is 10.9 Å². The minimum Gasteiger partial charge on any atom is -0.468 e. The van der Waals surface area contributed by atoms with Crippen molar-refractivity contribution in [2.24, 2.45) is 0 Å². The summed E-state index contributed by atoms with van der Waals surface area (Å²) in [5.74, 6) is -0.389. The Bertz CT molecular complexity index is 1120. The zero-order valence-electron chi connectivity index (χ0n) is 17.1. The summed E-state index contributed by atoms with van der Waals surface area (Å²) in [5.41, 5.74) is 3.30. The molecule has 2 unspecified atom stereocenters. The standard InChI is InChI=1S/C23H25NO4S/c1-15-5-8-18(9-6-15)29(26,27)24-20-10-7-16(2)13-19(20)23(22(25)28-4)12-11-17(3)14-21(23)24/h5-11,13,21H,12,14H2,1-4H3. The smallest absolute Gasteiger partial charge is 0.318 e. The molecule has 5 nitrogen and oxygen atoms in total. The molecule has 2 atom stereocenters. The first kappa shape index (κ1) is 19.7. The van der Waals surface area contributed by atoms with Crippen molar-refractivity contribution in [3.63, 3.8) is 0 Å². The Kier molecular flexibility index (Phi) is 4.57. The molecular formula is C23H25NO4S. The van der Waals surface area contributed by atoms with Crippen LogP contribution in [-0.4, -0.2) is 27.5 Å². The fraction of sp³-hybridized carbons (Fsp3) is 0.348. The fourth-order valence-electron chi connectivity index (χ4n) is 4.61. The molecule has 29 heavy (non-hydrogen) atoms. The number of aryl methyl sites for hydroxylation is 2. The summed E-state index contributed by atoms with van der Waals surface area (Å²) < 4.78 is 34.2. The molecule has 2 aromatic carbocycles. The summed E-state index contributed by atoms with van der Waals surface area (Å²) in [7, 11) is -2.49. The summed E-state index contributed by atoms with van der Waals surface area (Å²) in [4.78, 5) is 13.4. The minimum absolute atomic E-state index is 0.225. The number of benzene rings is 2. The fourth-order valence-corrected chi connectivity index (χ4v) is 6.32. The van der Waals surface area contributed by atoms with Gasteiger partial charge in [-0.05, 0) is 57.4 Å². The van der Waals surface area contributed by atoms with Gasteiger partial charge in [0, 0.05) is 0 Å². The Morgan fingerprint density at radius 3 is 2.38 bits per heavy atom. The number of rotatable bonds is 3. The van der Waals surface area contributed by atoms with Gasteiger partial charge in [0.15, 0.2) is 0 Å². The topological polar surface area (TPSA) is 63.7 Å². The van der Waals surface area contributed by atoms with E-state index in [1.54, 1.807) is 24.3 Å². The number of carbonyl (C=O) groups is 1. The molecule has 4 rings (SSSR count). The second-order valence-electron chi connectivity index (χ2n) is 8.07. The molecule has 0 amide bonds. The van der Waals surface area contributed by atoms with Crippen molar-refractivity contribution in [3.05, 3.63) is 70.8 Å². The molecule has 0 fully saturated rings. The SMILES string of the molecule is COC(=O)C12CC=C(C)CC1N(S(=O)(=O)c1ccc(C)cc1)c1ccc(C)cc12. The van der Waals surface area contributed by atoms with Crippen LogP contribution in [0, 0.1) is 13.8 Å². The second-order valence-corrected chi connectivity index (χ2v) is 9.89. The Balaban J connectivity index is 1.99. The van der Waals surface area contributed by atoms with Crippen molar-refractivity contribution in [2.45, 2.75) is 50.0 Å². The lowest BCUT2D eigenvalue weighted by atomic mass is 9.69. The molecule has 2 aliphatic rings. The van der Waals surface area contributed by atoms with E-state index < -0.39 is 21.5 Å². The highest BCUT2D eigenvalue weighted by molar-refractivity contribution is 7.93. The molecule has 0 aromatic heterocycles. The van der Waals surface area contributed by atoms with Gasteiger partial charge in [-0.15, -0.1) is 0 Å². The average Bonchev–Trinajstić information content (AvgIpc) is 2.98. The maximum absolute atomic E-state index is 13.8. The highest BCUT2D eigenvalue weighted by Gasteiger charge is 2.60. The predicted octanol–water partition coefficient (Wildman–Crippen LogP) is 4.03. The van der Waals surface area contributed by atoms with Gasteiger partial charge in [-0.25, -0.2) is 8.42 Å². The molecule has 0 saturated heterocycles. The zero-order chi connectivity index (χ0) is 21.0. The lowest BCUT2D eigenvalue weighted by Crippen LogP contribution is -2.53. The van der Waals surface area contributed by atoms with E-state index in [0.29, 0.717) is 18.5 Å². The average molecular weight is 412 g/mol. The second kappa shape index (κ2) is 6.73. The van der Waals surface area contributed by atoms with E-state index in [0.717, 1.165) is 22.3 Å². The van der Waals surface area contributed by atoms with Crippen LogP contribution in [-0.2, 0) is 25.0 Å². The first-order chi connectivity index (χ1) is 13.7. The largest absolute Gasteiger partial charge is 0.468 e. The van der Waals surface area contributed by atoms with Crippen molar-refractivity contribution in [1.29, 1.82) is 0 Å². The zero-order valence-corrected chi connectivity index (χ0v) is 17.9. The molecule has 0 saturated carbocycles. The Morgan fingerprint density at radius 1 is 1.07 bits per heavy atom. The normalized spacial score (nSPS) is 23.2.